The van der Waals surface area contributed by atoms with E-state index in [1.165, 1.54) is 27.3 Å². The number of hydrogen-bond donors (Lipinski definition) is 1. The molecule has 3 aromatic rings. The molecule has 1 aromatic carbocycles. The Bertz CT molecular complexity index is 982. The first-order valence-electron chi connectivity index (χ1n) is 8.92. The molecule has 130 valence electrons. The number of H-pyrrole nitrogens is 1. The summed E-state index contributed by atoms with van der Waals surface area (Å²) in [5.41, 5.74) is 4.94. The van der Waals surface area contributed by atoms with Gasteiger partial charge in [0, 0.05) is 17.1 Å². The molecule has 0 amide bonds. The van der Waals surface area contributed by atoms with E-state index in [0.717, 1.165) is 41.8 Å². The number of aryl methyl sites for hydroxylation is 4. The minimum absolute atomic E-state index is 0.0240. The first kappa shape index (κ1) is 16.3. The van der Waals surface area contributed by atoms with Crippen LogP contribution < -0.4 is 10.5 Å². The number of aromatic amines is 1. The summed E-state index contributed by atoms with van der Waals surface area (Å²) in [4.78, 5) is 24.9. The summed E-state index contributed by atoms with van der Waals surface area (Å²) in [6.07, 6.45) is 3.27. The Labute approximate surface area is 151 Å². The number of hydrogen-bond acceptors (Lipinski definition) is 4. The van der Waals surface area contributed by atoms with Crippen molar-refractivity contribution in [3.63, 3.8) is 0 Å². The molecule has 0 aliphatic heterocycles. The van der Waals surface area contributed by atoms with Crippen LogP contribution in [0.1, 0.15) is 40.7 Å². The highest BCUT2D eigenvalue weighted by Crippen LogP contribution is 2.34. The maximum Gasteiger partial charge on any atom is 0.259 e. The number of anilines is 1. The lowest BCUT2D eigenvalue weighted by Crippen LogP contribution is -2.25. The van der Waals surface area contributed by atoms with Crippen LogP contribution in [0.3, 0.4) is 0 Å². The summed E-state index contributed by atoms with van der Waals surface area (Å²) in [6, 6.07) is 6.55. The summed E-state index contributed by atoms with van der Waals surface area (Å²) >= 11 is 1.70. The molecule has 1 N–H and O–H groups in total. The standard InChI is InChI=1S/C20H23N3OS/c1-4-23(14-9-12(2)8-13(3)10-14)11-17-21-19(24)18-15-6-5-7-16(15)25-20(18)22-17/h8-10H,4-7,11H2,1-3H3,(H,21,22,24). The highest BCUT2D eigenvalue weighted by atomic mass is 32.1. The monoisotopic (exact) mass is 353 g/mol. The summed E-state index contributed by atoms with van der Waals surface area (Å²) in [5, 5.41) is 0.829. The molecule has 5 heteroatoms. The van der Waals surface area contributed by atoms with Gasteiger partial charge in [-0.3, -0.25) is 4.79 Å². The maximum atomic E-state index is 12.6. The highest BCUT2D eigenvalue weighted by molar-refractivity contribution is 7.18. The lowest BCUT2D eigenvalue weighted by Gasteiger charge is -2.23. The zero-order chi connectivity index (χ0) is 17.6. The zero-order valence-electron chi connectivity index (χ0n) is 15.0. The van der Waals surface area contributed by atoms with Crippen molar-refractivity contribution in [1.29, 1.82) is 0 Å². The van der Waals surface area contributed by atoms with E-state index in [1.807, 2.05) is 0 Å². The SMILES string of the molecule is CCN(Cc1nc2sc3c(c2c(=O)[nH]1)CCC3)c1cc(C)cc(C)c1. The zero-order valence-corrected chi connectivity index (χ0v) is 15.8. The van der Waals surface area contributed by atoms with Gasteiger partial charge < -0.3 is 9.88 Å². The minimum atomic E-state index is 0.0240. The van der Waals surface area contributed by atoms with Gasteiger partial charge in [-0.25, -0.2) is 4.98 Å². The molecule has 0 saturated heterocycles. The van der Waals surface area contributed by atoms with Crippen molar-refractivity contribution in [2.45, 2.75) is 46.6 Å². The van der Waals surface area contributed by atoms with E-state index in [4.69, 9.17) is 4.98 Å². The Balaban J connectivity index is 1.70. The van der Waals surface area contributed by atoms with Crippen molar-refractivity contribution in [1.82, 2.24) is 9.97 Å². The van der Waals surface area contributed by atoms with Gasteiger partial charge in [0.2, 0.25) is 0 Å². The van der Waals surface area contributed by atoms with E-state index >= 15 is 0 Å². The summed E-state index contributed by atoms with van der Waals surface area (Å²) < 4.78 is 0. The largest absolute Gasteiger partial charge is 0.364 e. The van der Waals surface area contributed by atoms with Crippen molar-refractivity contribution >= 4 is 27.2 Å². The van der Waals surface area contributed by atoms with Crippen LogP contribution in [0.4, 0.5) is 5.69 Å². The third-order valence-corrected chi connectivity index (χ3v) is 6.10. The number of rotatable bonds is 4. The van der Waals surface area contributed by atoms with Crippen LogP contribution >= 0.6 is 11.3 Å². The summed E-state index contributed by atoms with van der Waals surface area (Å²) in [5.74, 6) is 0.749. The molecule has 1 aliphatic rings. The van der Waals surface area contributed by atoms with E-state index < -0.39 is 0 Å². The van der Waals surface area contributed by atoms with Crippen molar-refractivity contribution in [2.24, 2.45) is 0 Å². The molecular formula is C20H23N3OS. The quantitative estimate of drug-likeness (QED) is 0.768. The first-order valence-corrected chi connectivity index (χ1v) is 9.73. The second-order valence-corrected chi connectivity index (χ2v) is 7.99. The van der Waals surface area contributed by atoms with E-state index in [-0.39, 0.29) is 5.56 Å². The minimum Gasteiger partial charge on any atom is -0.364 e. The van der Waals surface area contributed by atoms with E-state index in [2.05, 4.69) is 48.9 Å². The fourth-order valence-corrected chi connectivity index (χ4v) is 5.10. The van der Waals surface area contributed by atoms with E-state index in [1.54, 1.807) is 11.3 Å². The van der Waals surface area contributed by atoms with Gasteiger partial charge in [0.15, 0.2) is 0 Å². The molecule has 0 bridgehead atoms. The normalized spacial score (nSPS) is 13.4. The van der Waals surface area contributed by atoms with Gasteiger partial charge in [0.25, 0.3) is 5.56 Å². The Morgan fingerprint density at radius 3 is 2.68 bits per heavy atom. The van der Waals surface area contributed by atoms with Crippen LogP contribution in [0.25, 0.3) is 10.2 Å². The topological polar surface area (TPSA) is 49.0 Å². The fraction of sp³-hybridized carbons (Fsp3) is 0.400. The molecule has 0 radical (unpaired) electrons. The fourth-order valence-electron chi connectivity index (χ4n) is 3.82. The molecule has 4 nitrogen and oxygen atoms in total. The predicted molar refractivity (Wildman–Crippen MR) is 105 cm³/mol. The Morgan fingerprint density at radius 2 is 1.96 bits per heavy atom. The Kier molecular flexibility index (Phi) is 4.12. The van der Waals surface area contributed by atoms with Crippen LogP contribution in [0.2, 0.25) is 0 Å². The number of thiophene rings is 1. The lowest BCUT2D eigenvalue weighted by atomic mass is 10.1. The van der Waals surface area contributed by atoms with Crippen LogP contribution in [-0.4, -0.2) is 16.5 Å². The number of nitrogens with zero attached hydrogens (tertiary/aromatic N) is 2. The van der Waals surface area contributed by atoms with Crippen molar-refractivity contribution in [2.75, 3.05) is 11.4 Å². The third-order valence-electron chi connectivity index (χ3n) is 4.92. The third kappa shape index (κ3) is 2.97. The summed E-state index contributed by atoms with van der Waals surface area (Å²) in [7, 11) is 0. The van der Waals surface area contributed by atoms with E-state index in [9.17, 15) is 4.79 Å². The van der Waals surface area contributed by atoms with Gasteiger partial charge >= 0.3 is 0 Å². The Hall–Kier alpha value is -2.14. The average molecular weight is 353 g/mol. The number of benzene rings is 1. The second-order valence-electron chi connectivity index (χ2n) is 6.91. The van der Waals surface area contributed by atoms with Gasteiger partial charge in [-0.05, 0) is 68.9 Å². The summed E-state index contributed by atoms with van der Waals surface area (Å²) in [6.45, 7) is 7.85. The van der Waals surface area contributed by atoms with Crippen LogP contribution in [0, 0.1) is 13.8 Å². The number of nitrogens with one attached hydrogen (secondary N) is 1. The molecule has 1 aliphatic carbocycles. The molecule has 4 rings (SSSR count). The number of fused-ring (bicyclic) bond motifs is 3. The van der Waals surface area contributed by atoms with Gasteiger partial charge in [-0.1, -0.05) is 6.07 Å². The molecule has 2 heterocycles. The number of aromatic nitrogens is 2. The molecule has 2 aromatic heterocycles. The van der Waals surface area contributed by atoms with Gasteiger partial charge in [-0.15, -0.1) is 11.3 Å². The maximum absolute atomic E-state index is 12.6. The van der Waals surface area contributed by atoms with Crippen LogP contribution in [0.5, 0.6) is 0 Å². The van der Waals surface area contributed by atoms with Crippen molar-refractivity contribution in [3.05, 3.63) is 55.9 Å². The molecule has 0 unspecified atom stereocenters. The molecule has 0 fully saturated rings. The predicted octanol–water partition coefficient (Wildman–Crippen LogP) is 4.12. The molecule has 0 saturated carbocycles. The molecular weight excluding hydrogens is 330 g/mol. The van der Waals surface area contributed by atoms with Crippen molar-refractivity contribution in [3.8, 4) is 0 Å². The van der Waals surface area contributed by atoms with Gasteiger partial charge in [0.1, 0.15) is 10.7 Å². The van der Waals surface area contributed by atoms with Crippen molar-refractivity contribution < 1.29 is 0 Å². The second kappa shape index (κ2) is 6.30. The lowest BCUT2D eigenvalue weighted by molar-refractivity contribution is 0.781. The van der Waals surface area contributed by atoms with Crippen LogP contribution in [-0.2, 0) is 19.4 Å². The Morgan fingerprint density at radius 1 is 1.20 bits per heavy atom. The van der Waals surface area contributed by atoms with E-state index in [0.29, 0.717) is 6.54 Å². The smallest absolute Gasteiger partial charge is 0.259 e. The van der Waals surface area contributed by atoms with Gasteiger partial charge in [0.05, 0.1) is 11.9 Å². The highest BCUT2D eigenvalue weighted by Gasteiger charge is 2.21. The first-order chi connectivity index (χ1) is 12.0. The van der Waals surface area contributed by atoms with Crippen LogP contribution in [0.15, 0.2) is 23.0 Å². The molecule has 0 spiro atoms. The van der Waals surface area contributed by atoms with Gasteiger partial charge in [-0.2, -0.15) is 0 Å². The molecule has 0 atom stereocenters. The average Bonchev–Trinajstić information content (AvgIpc) is 3.11. The molecule has 25 heavy (non-hydrogen) atoms.